The van der Waals surface area contributed by atoms with Gasteiger partial charge in [0.15, 0.2) is 0 Å². The minimum atomic E-state index is 0.926. The highest BCUT2D eigenvalue weighted by molar-refractivity contribution is 8.14. The summed E-state index contributed by atoms with van der Waals surface area (Å²) in [6.07, 6.45) is 0. The van der Waals surface area contributed by atoms with Crippen LogP contribution in [-0.4, -0.2) is 11.6 Å². The quantitative estimate of drug-likeness (QED) is 0.680. The molecule has 0 saturated carbocycles. The van der Waals surface area contributed by atoms with E-state index < -0.39 is 0 Å². The van der Waals surface area contributed by atoms with Crippen LogP contribution < -0.4 is 5.01 Å². The molecule has 1 aromatic rings. The predicted octanol–water partition coefficient (Wildman–Crippen LogP) is 2.95. The van der Waals surface area contributed by atoms with Crippen LogP contribution in [0.3, 0.4) is 0 Å². The first-order valence-corrected chi connectivity index (χ1v) is 5.22. The SMILES string of the molecule is CCN1N=C(C)Sc2ccccc21. The van der Waals surface area contributed by atoms with Crippen molar-refractivity contribution in [1.29, 1.82) is 0 Å². The Bertz CT molecular complexity index is 347. The van der Waals surface area contributed by atoms with E-state index in [0.717, 1.165) is 11.6 Å². The molecule has 2 rings (SSSR count). The van der Waals surface area contributed by atoms with E-state index in [2.05, 4.69) is 36.3 Å². The molecule has 0 aliphatic carbocycles. The number of thioether (sulfide) groups is 1. The maximum atomic E-state index is 4.46. The number of benzene rings is 1. The Morgan fingerprint density at radius 3 is 2.92 bits per heavy atom. The third kappa shape index (κ3) is 1.56. The summed E-state index contributed by atoms with van der Waals surface area (Å²) in [4.78, 5) is 1.30. The average molecular weight is 192 g/mol. The monoisotopic (exact) mass is 192 g/mol. The Kier molecular flexibility index (Phi) is 2.27. The van der Waals surface area contributed by atoms with E-state index in [1.807, 2.05) is 11.9 Å². The van der Waals surface area contributed by atoms with Crippen LogP contribution in [0.15, 0.2) is 34.3 Å². The lowest BCUT2D eigenvalue weighted by atomic mass is 10.3. The normalized spacial score (nSPS) is 15.2. The molecule has 1 heterocycles. The van der Waals surface area contributed by atoms with Crippen LogP contribution >= 0.6 is 11.8 Å². The van der Waals surface area contributed by atoms with Gasteiger partial charge in [-0.3, -0.25) is 5.01 Å². The van der Waals surface area contributed by atoms with Crippen molar-refractivity contribution >= 4 is 22.5 Å². The van der Waals surface area contributed by atoms with Gasteiger partial charge in [-0.15, -0.1) is 0 Å². The van der Waals surface area contributed by atoms with Gasteiger partial charge in [0.1, 0.15) is 0 Å². The van der Waals surface area contributed by atoms with Gasteiger partial charge in [-0.1, -0.05) is 23.9 Å². The summed E-state index contributed by atoms with van der Waals surface area (Å²) < 4.78 is 0. The lowest BCUT2D eigenvalue weighted by Gasteiger charge is -2.24. The molecule has 0 fully saturated rings. The minimum Gasteiger partial charge on any atom is -0.264 e. The molecular weight excluding hydrogens is 180 g/mol. The second kappa shape index (κ2) is 3.42. The summed E-state index contributed by atoms with van der Waals surface area (Å²) in [7, 11) is 0. The highest BCUT2D eigenvalue weighted by Crippen LogP contribution is 2.34. The summed E-state index contributed by atoms with van der Waals surface area (Å²) in [5, 5.41) is 7.61. The van der Waals surface area contributed by atoms with Gasteiger partial charge in [0.05, 0.1) is 10.7 Å². The average Bonchev–Trinajstić information content (AvgIpc) is 2.16. The number of hydrogen-bond donors (Lipinski definition) is 0. The number of nitrogens with zero attached hydrogens (tertiary/aromatic N) is 2. The van der Waals surface area contributed by atoms with Crippen molar-refractivity contribution in [2.24, 2.45) is 5.10 Å². The van der Waals surface area contributed by atoms with E-state index in [-0.39, 0.29) is 0 Å². The zero-order chi connectivity index (χ0) is 9.26. The molecule has 13 heavy (non-hydrogen) atoms. The molecule has 0 radical (unpaired) electrons. The van der Waals surface area contributed by atoms with E-state index in [1.165, 1.54) is 10.6 Å². The Hall–Kier alpha value is -0.960. The second-order valence-electron chi connectivity index (χ2n) is 2.90. The number of hydrogen-bond acceptors (Lipinski definition) is 3. The first kappa shape index (κ1) is 8.63. The summed E-state index contributed by atoms with van der Waals surface area (Å²) in [5.41, 5.74) is 1.22. The molecule has 0 aromatic heterocycles. The number of para-hydroxylation sites is 1. The molecule has 2 nitrogen and oxygen atoms in total. The highest BCUT2D eigenvalue weighted by atomic mass is 32.2. The van der Waals surface area contributed by atoms with Crippen LogP contribution in [0.5, 0.6) is 0 Å². The summed E-state index contributed by atoms with van der Waals surface area (Å²) >= 11 is 1.74. The molecule has 68 valence electrons. The van der Waals surface area contributed by atoms with Crippen molar-refractivity contribution in [2.75, 3.05) is 11.6 Å². The molecule has 1 aliphatic rings. The first-order chi connectivity index (χ1) is 6.31. The Balaban J connectivity index is 2.44. The number of anilines is 1. The predicted molar refractivity (Wildman–Crippen MR) is 58.4 cm³/mol. The molecule has 0 unspecified atom stereocenters. The first-order valence-electron chi connectivity index (χ1n) is 4.41. The molecule has 0 atom stereocenters. The number of hydrazone groups is 1. The molecule has 0 N–H and O–H groups in total. The Labute approximate surface area is 82.6 Å². The summed E-state index contributed by atoms with van der Waals surface area (Å²) in [6, 6.07) is 8.37. The third-order valence-electron chi connectivity index (χ3n) is 1.96. The van der Waals surface area contributed by atoms with E-state index in [0.29, 0.717) is 0 Å². The van der Waals surface area contributed by atoms with Gasteiger partial charge in [-0.25, -0.2) is 0 Å². The highest BCUT2D eigenvalue weighted by Gasteiger charge is 2.14. The fraction of sp³-hybridized carbons (Fsp3) is 0.300. The van der Waals surface area contributed by atoms with Crippen LogP contribution in [0.4, 0.5) is 5.69 Å². The maximum absolute atomic E-state index is 4.46. The largest absolute Gasteiger partial charge is 0.264 e. The molecule has 0 spiro atoms. The van der Waals surface area contributed by atoms with Crippen molar-refractivity contribution in [2.45, 2.75) is 18.7 Å². The number of fused-ring (bicyclic) bond motifs is 1. The Morgan fingerprint density at radius 1 is 1.38 bits per heavy atom. The van der Waals surface area contributed by atoms with Crippen molar-refractivity contribution in [3.05, 3.63) is 24.3 Å². The topological polar surface area (TPSA) is 15.6 Å². The van der Waals surface area contributed by atoms with E-state index in [9.17, 15) is 0 Å². The Morgan fingerprint density at radius 2 is 2.15 bits per heavy atom. The third-order valence-corrected chi connectivity index (χ3v) is 2.90. The van der Waals surface area contributed by atoms with Gasteiger partial charge in [-0.2, -0.15) is 5.10 Å². The van der Waals surface area contributed by atoms with Gasteiger partial charge in [-0.05, 0) is 26.0 Å². The molecule has 0 bridgehead atoms. The number of rotatable bonds is 1. The van der Waals surface area contributed by atoms with E-state index >= 15 is 0 Å². The van der Waals surface area contributed by atoms with Crippen LogP contribution in [-0.2, 0) is 0 Å². The smallest absolute Gasteiger partial charge is 0.0955 e. The van der Waals surface area contributed by atoms with Crippen LogP contribution in [0.1, 0.15) is 13.8 Å². The molecule has 0 amide bonds. The molecule has 1 aromatic carbocycles. The maximum Gasteiger partial charge on any atom is 0.0955 e. The zero-order valence-electron chi connectivity index (χ0n) is 7.82. The second-order valence-corrected chi connectivity index (χ2v) is 4.14. The van der Waals surface area contributed by atoms with Gasteiger partial charge in [0.25, 0.3) is 0 Å². The van der Waals surface area contributed by atoms with Crippen LogP contribution in [0.2, 0.25) is 0 Å². The van der Waals surface area contributed by atoms with E-state index in [1.54, 1.807) is 11.8 Å². The van der Waals surface area contributed by atoms with Gasteiger partial charge < -0.3 is 0 Å². The molecular formula is C10H12N2S. The lowest BCUT2D eigenvalue weighted by molar-refractivity contribution is 0.878. The van der Waals surface area contributed by atoms with E-state index in [4.69, 9.17) is 0 Å². The van der Waals surface area contributed by atoms with Gasteiger partial charge in [0.2, 0.25) is 0 Å². The summed E-state index contributed by atoms with van der Waals surface area (Å²) in [5.74, 6) is 0. The fourth-order valence-corrected chi connectivity index (χ4v) is 2.28. The molecule has 1 aliphatic heterocycles. The molecule has 0 saturated heterocycles. The van der Waals surface area contributed by atoms with Crippen LogP contribution in [0, 0.1) is 0 Å². The lowest BCUT2D eigenvalue weighted by Crippen LogP contribution is -2.20. The molecule has 3 heteroatoms. The van der Waals surface area contributed by atoms with Crippen LogP contribution in [0.25, 0.3) is 0 Å². The summed E-state index contributed by atoms with van der Waals surface area (Å²) in [6.45, 7) is 5.09. The van der Waals surface area contributed by atoms with Gasteiger partial charge in [0, 0.05) is 11.4 Å². The standard InChI is InChI=1S/C10H12N2S/c1-3-12-9-6-4-5-7-10(9)13-8(2)11-12/h4-7H,3H2,1-2H3. The van der Waals surface area contributed by atoms with Crippen molar-refractivity contribution < 1.29 is 0 Å². The minimum absolute atomic E-state index is 0.926. The van der Waals surface area contributed by atoms with Crippen molar-refractivity contribution in [1.82, 2.24) is 0 Å². The fourth-order valence-electron chi connectivity index (χ4n) is 1.40. The zero-order valence-corrected chi connectivity index (χ0v) is 8.64. The van der Waals surface area contributed by atoms with Gasteiger partial charge >= 0.3 is 0 Å². The van der Waals surface area contributed by atoms with Crippen molar-refractivity contribution in [3.8, 4) is 0 Å². The van der Waals surface area contributed by atoms with Crippen molar-refractivity contribution in [3.63, 3.8) is 0 Å².